The molecule has 2 amide bonds. The topological polar surface area (TPSA) is 147 Å². The SMILES string of the molecule is COC(=O)NC(=N)Nc1cc(OS(=O)(=O)c2ccccc2)ccc1NC(=O)CC(C)C. The van der Waals surface area contributed by atoms with Crippen LogP contribution < -0.4 is 20.1 Å². The number of anilines is 2. The van der Waals surface area contributed by atoms with Crippen LogP contribution >= 0.6 is 0 Å². The molecule has 11 heteroatoms. The maximum atomic E-state index is 12.5. The standard InChI is InChI=1S/C20H24N4O6S/c1-13(2)11-18(25)22-16-10-9-14(12-17(16)23-19(21)24-20(26)29-3)30-31(27,28)15-7-5-4-6-8-15/h4-10,12-13H,11H2,1-3H3,(H,22,25)(H3,21,23,24,26). The predicted octanol–water partition coefficient (Wildman–Crippen LogP) is 3.14. The van der Waals surface area contributed by atoms with E-state index in [0.29, 0.717) is 0 Å². The number of alkyl carbamates (subject to hydrolysis) is 1. The molecule has 0 aliphatic carbocycles. The van der Waals surface area contributed by atoms with Crippen molar-refractivity contribution in [3.8, 4) is 5.75 Å². The molecular weight excluding hydrogens is 424 g/mol. The summed E-state index contributed by atoms with van der Waals surface area (Å²) >= 11 is 0. The third kappa shape index (κ3) is 7.30. The average molecular weight is 449 g/mol. The van der Waals surface area contributed by atoms with E-state index in [9.17, 15) is 18.0 Å². The van der Waals surface area contributed by atoms with Crippen LogP contribution in [0.15, 0.2) is 53.4 Å². The summed E-state index contributed by atoms with van der Waals surface area (Å²) in [4.78, 5) is 23.5. The van der Waals surface area contributed by atoms with E-state index in [-0.39, 0.29) is 40.3 Å². The molecule has 0 saturated heterocycles. The van der Waals surface area contributed by atoms with Gasteiger partial charge in [-0.1, -0.05) is 32.0 Å². The van der Waals surface area contributed by atoms with Gasteiger partial charge in [-0.15, -0.1) is 0 Å². The maximum Gasteiger partial charge on any atom is 0.413 e. The zero-order valence-electron chi connectivity index (χ0n) is 17.3. The van der Waals surface area contributed by atoms with Gasteiger partial charge >= 0.3 is 16.2 Å². The predicted molar refractivity (Wildman–Crippen MR) is 116 cm³/mol. The van der Waals surface area contributed by atoms with Crippen LogP contribution in [0.5, 0.6) is 5.75 Å². The van der Waals surface area contributed by atoms with E-state index < -0.39 is 22.2 Å². The number of hydrogen-bond donors (Lipinski definition) is 4. The van der Waals surface area contributed by atoms with Crippen LogP contribution in [-0.4, -0.2) is 33.5 Å². The summed E-state index contributed by atoms with van der Waals surface area (Å²) in [5.41, 5.74) is 0.408. The summed E-state index contributed by atoms with van der Waals surface area (Å²) < 4.78 is 34.6. The molecule has 2 aromatic rings. The normalized spacial score (nSPS) is 10.8. The first-order valence-corrected chi connectivity index (χ1v) is 10.7. The van der Waals surface area contributed by atoms with Gasteiger partial charge in [-0.05, 0) is 30.2 Å². The quantitative estimate of drug-likeness (QED) is 0.289. The van der Waals surface area contributed by atoms with Gasteiger partial charge in [0, 0.05) is 12.5 Å². The van der Waals surface area contributed by atoms with Gasteiger partial charge in [-0.25, -0.2) is 4.79 Å². The van der Waals surface area contributed by atoms with E-state index >= 15 is 0 Å². The number of methoxy groups -OCH3 is 1. The highest BCUT2D eigenvalue weighted by molar-refractivity contribution is 7.87. The molecule has 0 saturated carbocycles. The van der Waals surface area contributed by atoms with E-state index in [0.717, 1.165) is 7.11 Å². The molecule has 166 valence electrons. The Morgan fingerprint density at radius 2 is 1.71 bits per heavy atom. The van der Waals surface area contributed by atoms with Gasteiger partial charge < -0.3 is 19.6 Å². The summed E-state index contributed by atoms with van der Waals surface area (Å²) in [6, 6.07) is 11.7. The minimum Gasteiger partial charge on any atom is -0.453 e. The van der Waals surface area contributed by atoms with Crippen LogP contribution in [0, 0.1) is 11.3 Å². The fraction of sp³-hybridized carbons (Fsp3) is 0.250. The first-order valence-electron chi connectivity index (χ1n) is 9.24. The molecule has 0 aliphatic rings. The third-order valence-electron chi connectivity index (χ3n) is 3.77. The van der Waals surface area contributed by atoms with Gasteiger partial charge in [0.2, 0.25) is 11.9 Å². The largest absolute Gasteiger partial charge is 0.453 e. The smallest absolute Gasteiger partial charge is 0.413 e. The monoisotopic (exact) mass is 448 g/mol. The van der Waals surface area contributed by atoms with E-state index in [1.165, 1.54) is 30.3 Å². The molecule has 2 rings (SSSR count). The molecule has 0 fully saturated rings. The third-order valence-corrected chi connectivity index (χ3v) is 5.03. The van der Waals surface area contributed by atoms with Gasteiger partial charge in [0.15, 0.2) is 0 Å². The first-order chi connectivity index (χ1) is 14.6. The van der Waals surface area contributed by atoms with Crippen molar-refractivity contribution in [2.45, 2.75) is 25.2 Å². The molecule has 0 aliphatic heterocycles. The summed E-state index contributed by atoms with van der Waals surface area (Å²) in [5.74, 6) is -0.654. The van der Waals surface area contributed by atoms with Crippen LogP contribution in [0.2, 0.25) is 0 Å². The van der Waals surface area contributed by atoms with Gasteiger partial charge in [0.25, 0.3) is 0 Å². The lowest BCUT2D eigenvalue weighted by atomic mass is 10.1. The average Bonchev–Trinajstić information content (AvgIpc) is 2.69. The minimum absolute atomic E-state index is 0.0288. The highest BCUT2D eigenvalue weighted by Gasteiger charge is 2.18. The van der Waals surface area contributed by atoms with Crippen LogP contribution in [0.4, 0.5) is 16.2 Å². The molecule has 2 aromatic carbocycles. The Balaban J connectivity index is 2.31. The molecule has 0 aromatic heterocycles. The number of carbonyl (C=O) groups is 2. The molecule has 0 heterocycles. The van der Waals surface area contributed by atoms with E-state index in [1.807, 2.05) is 13.8 Å². The Bertz CT molecular complexity index is 1050. The molecule has 0 spiro atoms. The zero-order valence-corrected chi connectivity index (χ0v) is 18.1. The van der Waals surface area contributed by atoms with Crippen molar-refractivity contribution >= 4 is 39.5 Å². The second-order valence-corrected chi connectivity index (χ2v) is 8.37. The number of carbonyl (C=O) groups excluding carboxylic acids is 2. The molecule has 0 bridgehead atoms. The lowest BCUT2D eigenvalue weighted by Gasteiger charge is -2.16. The maximum absolute atomic E-state index is 12.5. The van der Waals surface area contributed by atoms with Crippen LogP contribution in [-0.2, 0) is 19.6 Å². The highest BCUT2D eigenvalue weighted by atomic mass is 32.2. The molecular formula is C20H24N4O6S. The van der Waals surface area contributed by atoms with Crippen molar-refractivity contribution < 1.29 is 26.9 Å². The molecule has 0 unspecified atom stereocenters. The highest BCUT2D eigenvalue weighted by Crippen LogP contribution is 2.29. The number of ether oxygens (including phenoxy) is 1. The van der Waals surface area contributed by atoms with E-state index in [2.05, 4.69) is 20.7 Å². The number of guanidine groups is 1. The molecule has 0 atom stereocenters. The minimum atomic E-state index is -4.09. The summed E-state index contributed by atoms with van der Waals surface area (Å²) in [5, 5.41) is 15.2. The van der Waals surface area contributed by atoms with Crippen molar-refractivity contribution in [3.05, 3.63) is 48.5 Å². The van der Waals surface area contributed by atoms with Crippen LogP contribution in [0.3, 0.4) is 0 Å². The summed E-state index contributed by atoms with van der Waals surface area (Å²) in [6.45, 7) is 3.78. The van der Waals surface area contributed by atoms with Crippen LogP contribution in [0.25, 0.3) is 0 Å². The first kappa shape index (κ1) is 23.7. The van der Waals surface area contributed by atoms with Crippen LogP contribution in [0.1, 0.15) is 20.3 Å². The van der Waals surface area contributed by atoms with E-state index in [4.69, 9.17) is 9.59 Å². The Labute approximate surface area is 180 Å². The van der Waals surface area contributed by atoms with E-state index in [1.54, 1.807) is 18.2 Å². The van der Waals surface area contributed by atoms with Crippen molar-refractivity contribution in [1.82, 2.24) is 5.32 Å². The van der Waals surface area contributed by atoms with Crippen molar-refractivity contribution in [3.63, 3.8) is 0 Å². The summed E-state index contributed by atoms with van der Waals surface area (Å²) in [6.07, 6.45) is -0.611. The number of hydrogen-bond acceptors (Lipinski definition) is 7. The lowest BCUT2D eigenvalue weighted by molar-refractivity contribution is -0.116. The Morgan fingerprint density at radius 3 is 2.32 bits per heavy atom. The number of rotatable bonds is 7. The number of amides is 2. The van der Waals surface area contributed by atoms with Crippen molar-refractivity contribution in [1.29, 1.82) is 5.41 Å². The zero-order chi connectivity index (χ0) is 23.0. The second kappa shape index (κ2) is 10.4. The molecule has 4 N–H and O–H groups in total. The second-order valence-electron chi connectivity index (χ2n) is 6.82. The number of benzene rings is 2. The van der Waals surface area contributed by atoms with Crippen molar-refractivity contribution in [2.24, 2.45) is 5.92 Å². The molecule has 0 radical (unpaired) electrons. The fourth-order valence-corrected chi connectivity index (χ4v) is 3.38. The lowest BCUT2D eigenvalue weighted by Crippen LogP contribution is -2.35. The van der Waals surface area contributed by atoms with Gasteiger partial charge in [-0.2, -0.15) is 8.42 Å². The molecule has 31 heavy (non-hydrogen) atoms. The Kier molecular flexibility index (Phi) is 7.97. The number of nitrogens with one attached hydrogen (secondary N) is 4. The Hall–Kier alpha value is -3.60. The van der Waals surface area contributed by atoms with Gasteiger partial charge in [0.1, 0.15) is 10.6 Å². The van der Waals surface area contributed by atoms with Gasteiger partial charge in [-0.3, -0.25) is 15.5 Å². The van der Waals surface area contributed by atoms with Gasteiger partial charge in [0.05, 0.1) is 18.5 Å². The fourth-order valence-electron chi connectivity index (χ4n) is 2.44. The summed E-state index contributed by atoms with van der Waals surface area (Å²) in [7, 11) is -2.95. The molecule has 10 nitrogen and oxygen atoms in total. The Morgan fingerprint density at radius 1 is 1.03 bits per heavy atom. The van der Waals surface area contributed by atoms with Crippen molar-refractivity contribution in [2.75, 3.05) is 17.7 Å².